The highest BCUT2D eigenvalue weighted by Crippen LogP contribution is 2.39. The Morgan fingerprint density at radius 1 is 1.00 bits per heavy atom. The molecule has 2 rings (SSSR count). The predicted molar refractivity (Wildman–Crippen MR) is 67.2 cm³/mol. The van der Waals surface area contributed by atoms with Crippen LogP contribution in [0.5, 0.6) is 0 Å². The summed E-state index contributed by atoms with van der Waals surface area (Å²) in [6.07, 6.45) is 2.85. The van der Waals surface area contributed by atoms with Crippen LogP contribution in [-0.4, -0.2) is 49.1 Å². The van der Waals surface area contributed by atoms with Gasteiger partial charge in [0.2, 0.25) is 0 Å². The third-order valence-corrected chi connectivity index (χ3v) is 3.80. The van der Waals surface area contributed by atoms with Crippen molar-refractivity contribution in [2.75, 3.05) is 33.2 Å². The molecule has 0 aromatic rings. The van der Waals surface area contributed by atoms with Crippen molar-refractivity contribution in [2.45, 2.75) is 46.6 Å². The molecule has 0 aromatic carbocycles. The number of hydrogen-bond acceptors (Lipinski definition) is 2. The van der Waals surface area contributed by atoms with E-state index in [9.17, 15) is 0 Å². The van der Waals surface area contributed by atoms with Crippen LogP contribution in [0.3, 0.4) is 0 Å². The standard InChI is InChI=1S/C11H22N2.C2H6/c1-10(2)13-6-4-11(5-7-13)8-12(3)9-11;1-2/h10H,4-9H2,1-3H3;1-2H3. The van der Waals surface area contributed by atoms with Crippen LogP contribution in [-0.2, 0) is 0 Å². The van der Waals surface area contributed by atoms with Gasteiger partial charge in [0, 0.05) is 19.1 Å². The molecule has 2 heteroatoms. The number of piperidine rings is 1. The van der Waals surface area contributed by atoms with E-state index in [0.717, 1.165) is 11.5 Å². The second-order valence-corrected chi connectivity index (χ2v) is 5.30. The molecule has 0 unspecified atom stereocenters. The van der Waals surface area contributed by atoms with Crippen molar-refractivity contribution in [1.29, 1.82) is 0 Å². The van der Waals surface area contributed by atoms with Crippen LogP contribution in [0.15, 0.2) is 0 Å². The van der Waals surface area contributed by atoms with Gasteiger partial charge in [0.15, 0.2) is 0 Å². The van der Waals surface area contributed by atoms with Crippen LogP contribution in [0, 0.1) is 5.41 Å². The summed E-state index contributed by atoms with van der Waals surface area (Å²) in [5.41, 5.74) is 0.722. The minimum absolute atomic E-state index is 0.722. The van der Waals surface area contributed by atoms with Crippen molar-refractivity contribution < 1.29 is 0 Å². The van der Waals surface area contributed by atoms with E-state index < -0.39 is 0 Å². The molecule has 1 spiro atoms. The highest BCUT2D eigenvalue weighted by Gasteiger charge is 2.43. The smallest absolute Gasteiger partial charge is 0.00484 e. The summed E-state index contributed by atoms with van der Waals surface area (Å²) >= 11 is 0. The molecule has 90 valence electrons. The van der Waals surface area contributed by atoms with Gasteiger partial charge in [-0.25, -0.2) is 0 Å². The van der Waals surface area contributed by atoms with Crippen molar-refractivity contribution in [2.24, 2.45) is 5.41 Å². The minimum Gasteiger partial charge on any atom is -0.305 e. The highest BCUT2D eigenvalue weighted by atomic mass is 15.2. The van der Waals surface area contributed by atoms with Gasteiger partial charge in [-0.15, -0.1) is 0 Å². The fraction of sp³-hybridized carbons (Fsp3) is 1.00. The zero-order chi connectivity index (χ0) is 11.5. The molecule has 0 N–H and O–H groups in total. The van der Waals surface area contributed by atoms with Crippen molar-refractivity contribution in [1.82, 2.24) is 9.80 Å². The van der Waals surface area contributed by atoms with E-state index in [0.29, 0.717) is 0 Å². The van der Waals surface area contributed by atoms with Gasteiger partial charge < -0.3 is 9.80 Å². The number of rotatable bonds is 1. The third kappa shape index (κ3) is 2.94. The molecule has 2 heterocycles. The molecular formula is C13H28N2. The number of hydrogen-bond donors (Lipinski definition) is 0. The molecule has 2 nitrogen and oxygen atoms in total. The lowest BCUT2D eigenvalue weighted by Crippen LogP contribution is -2.59. The van der Waals surface area contributed by atoms with Crippen molar-refractivity contribution in [3.63, 3.8) is 0 Å². The van der Waals surface area contributed by atoms with E-state index in [-0.39, 0.29) is 0 Å². The molecule has 0 radical (unpaired) electrons. The largest absolute Gasteiger partial charge is 0.305 e. The van der Waals surface area contributed by atoms with Crippen LogP contribution < -0.4 is 0 Å². The molecular weight excluding hydrogens is 184 g/mol. The molecule has 0 atom stereocenters. The lowest BCUT2D eigenvalue weighted by Gasteiger charge is -2.53. The molecule has 2 aliphatic heterocycles. The summed E-state index contributed by atoms with van der Waals surface area (Å²) in [4.78, 5) is 5.06. The molecule has 2 fully saturated rings. The van der Waals surface area contributed by atoms with Gasteiger partial charge in [-0.1, -0.05) is 13.8 Å². The second-order valence-electron chi connectivity index (χ2n) is 5.30. The maximum atomic E-state index is 2.61. The van der Waals surface area contributed by atoms with E-state index in [4.69, 9.17) is 0 Å². The molecule has 0 aromatic heterocycles. The van der Waals surface area contributed by atoms with Crippen LogP contribution in [0.25, 0.3) is 0 Å². The molecule has 0 amide bonds. The van der Waals surface area contributed by atoms with Gasteiger partial charge in [0.1, 0.15) is 0 Å². The Morgan fingerprint density at radius 2 is 1.47 bits per heavy atom. The van der Waals surface area contributed by atoms with Crippen molar-refractivity contribution >= 4 is 0 Å². The molecule has 0 aliphatic carbocycles. The minimum atomic E-state index is 0.722. The summed E-state index contributed by atoms with van der Waals surface area (Å²) in [6.45, 7) is 14.0. The Labute approximate surface area is 95.6 Å². The van der Waals surface area contributed by atoms with E-state index in [2.05, 4.69) is 30.7 Å². The molecule has 0 bridgehead atoms. The first kappa shape index (κ1) is 13.0. The van der Waals surface area contributed by atoms with E-state index >= 15 is 0 Å². The quantitative estimate of drug-likeness (QED) is 0.659. The molecule has 2 aliphatic rings. The average molecular weight is 212 g/mol. The highest BCUT2D eigenvalue weighted by molar-refractivity contribution is 4.97. The molecule has 2 saturated heterocycles. The zero-order valence-electron chi connectivity index (χ0n) is 11.2. The summed E-state index contributed by atoms with van der Waals surface area (Å²) in [6, 6.07) is 0.746. The fourth-order valence-electron chi connectivity index (χ4n) is 2.93. The summed E-state index contributed by atoms with van der Waals surface area (Å²) in [5.74, 6) is 0. The van der Waals surface area contributed by atoms with Crippen molar-refractivity contribution in [3.8, 4) is 0 Å². The van der Waals surface area contributed by atoms with Gasteiger partial charge in [0.05, 0.1) is 0 Å². The fourth-order valence-corrected chi connectivity index (χ4v) is 2.93. The normalized spacial score (nSPS) is 26.0. The predicted octanol–water partition coefficient (Wildman–Crippen LogP) is 2.45. The van der Waals surface area contributed by atoms with Crippen LogP contribution in [0.4, 0.5) is 0 Å². The SMILES string of the molecule is CC.CC(C)N1CCC2(CC1)CN(C)C2. The lowest BCUT2D eigenvalue weighted by molar-refractivity contribution is -0.0370. The van der Waals surface area contributed by atoms with Crippen LogP contribution in [0.1, 0.15) is 40.5 Å². The Bertz CT molecular complexity index is 173. The first-order valence-electron chi connectivity index (χ1n) is 6.54. The number of likely N-dealkylation sites (tertiary alicyclic amines) is 2. The van der Waals surface area contributed by atoms with Crippen LogP contribution >= 0.6 is 0 Å². The lowest BCUT2D eigenvalue weighted by atomic mass is 9.72. The topological polar surface area (TPSA) is 6.48 Å². The first-order chi connectivity index (χ1) is 7.11. The Balaban J connectivity index is 0.000000531. The average Bonchev–Trinajstić information content (AvgIpc) is 2.19. The maximum absolute atomic E-state index is 2.61. The van der Waals surface area contributed by atoms with Crippen LogP contribution in [0.2, 0.25) is 0 Å². The van der Waals surface area contributed by atoms with Gasteiger partial charge in [0.25, 0.3) is 0 Å². The zero-order valence-corrected chi connectivity index (χ0v) is 11.2. The van der Waals surface area contributed by atoms with Gasteiger partial charge in [-0.3, -0.25) is 0 Å². The van der Waals surface area contributed by atoms with Crippen molar-refractivity contribution in [3.05, 3.63) is 0 Å². The van der Waals surface area contributed by atoms with Gasteiger partial charge in [-0.2, -0.15) is 0 Å². The Morgan fingerprint density at radius 3 is 1.80 bits per heavy atom. The van der Waals surface area contributed by atoms with E-state index in [1.807, 2.05) is 13.8 Å². The van der Waals surface area contributed by atoms with Gasteiger partial charge >= 0.3 is 0 Å². The summed E-state index contributed by atoms with van der Waals surface area (Å²) < 4.78 is 0. The summed E-state index contributed by atoms with van der Waals surface area (Å²) in [7, 11) is 2.24. The summed E-state index contributed by atoms with van der Waals surface area (Å²) in [5, 5.41) is 0. The first-order valence-corrected chi connectivity index (χ1v) is 6.54. The Kier molecular flexibility index (Phi) is 4.60. The third-order valence-electron chi connectivity index (χ3n) is 3.80. The van der Waals surface area contributed by atoms with E-state index in [1.54, 1.807) is 0 Å². The second kappa shape index (κ2) is 5.31. The van der Waals surface area contributed by atoms with Gasteiger partial charge in [-0.05, 0) is 52.2 Å². The monoisotopic (exact) mass is 212 g/mol. The van der Waals surface area contributed by atoms with E-state index in [1.165, 1.54) is 39.0 Å². The Hall–Kier alpha value is -0.0800. The molecule has 0 saturated carbocycles. The molecule has 15 heavy (non-hydrogen) atoms. The number of nitrogens with zero attached hydrogens (tertiary/aromatic N) is 2. The maximum Gasteiger partial charge on any atom is 0.00484 e.